The quantitative estimate of drug-likeness (QED) is 0.689. The lowest BCUT2D eigenvalue weighted by atomic mass is 10.2. The molecule has 4 heteroatoms. The number of benzene rings is 1. The number of imidazole rings is 1. The van der Waals surface area contributed by atoms with Crippen LogP contribution in [0.15, 0.2) is 60.0 Å². The van der Waals surface area contributed by atoms with E-state index in [9.17, 15) is 4.79 Å². The van der Waals surface area contributed by atoms with Crippen molar-refractivity contribution in [2.45, 2.75) is 20.0 Å². The van der Waals surface area contributed by atoms with Gasteiger partial charge in [0.05, 0.1) is 23.3 Å². The average molecular weight is 279 g/mol. The standard InChI is InChI=1S/C17H17N3O/c1-3-11-19-15-9-10-18-13(2)16(15)20(17(19)21)12-14-7-5-4-6-8-14/h3-10H,1,11-12H2,2H3. The van der Waals surface area contributed by atoms with Crippen LogP contribution < -0.4 is 5.69 Å². The molecule has 0 bridgehead atoms. The van der Waals surface area contributed by atoms with Crippen LogP contribution in [-0.4, -0.2) is 14.1 Å². The third-order valence-corrected chi connectivity index (χ3v) is 3.60. The van der Waals surface area contributed by atoms with E-state index in [0.29, 0.717) is 13.1 Å². The molecule has 0 fully saturated rings. The Labute approximate surface area is 123 Å². The van der Waals surface area contributed by atoms with E-state index in [0.717, 1.165) is 22.3 Å². The third-order valence-electron chi connectivity index (χ3n) is 3.60. The molecule has 0 aliphatic carbocycles. The minimum absolute atomic E-state index is 0.0233. The molecule has 21 heavy (non-hydrogen) atoms. The summed E-state index contributed by atoms with van der Waals surface area (Å²) in [6.45, 7) is 6.72. The molecule has 0 amide bonds. The molecule has 0 spiro atoms. The SMILES string of the molecule is C=CCn1c(=O)n(Cc2ccccc2)c2c(C)nccc21. The summed E-state index contributed by atoms with van der Waals surface area (Å²) in [7, 11) is 0. The Kier molecular flexibility index (Phi) is 3.44. The molecule has 0 aliphatic heterocycles. The van der Waals surface area contributed by atoms with Gasteiger partial charge in [-0.3, -0.25) is 14.1 Å². The van der Waals surface area contributed by atoms with Gasteiger partial charge in [0.15, 0.2) is 0 Å². The fourth-order valence-electron chi connectivity index (χ4n) is 2.66. The minimum atomic E-state index is -0.0233. The van der Waals surface area contributed by atoms with Crippen molar-refractivity contribution in [1.29, 1.82) is 0 Å². The highest BCUT2D eigenvalue weighted by atomic mass is 16.1. The first-order chi connectivity index (χ1) is 10.2. The topological polar surface area (TPSA) is 39.8 Å². The van der Waals surface area contributed by atoms with Gasteiger partial charge in [0.2, 0.25) is 0 Å². The average Bonchev–Trinajstić information content (AvgIpc) is 2.76. The Morgan fingerprint density at radius 1 is 1.19 bits per heavy atom. The summed E-state index contributed by atoms with van der Waals surface area (Å²) in [4.78, 5) is 17.0. The largest absolute Gasteiger partial charge is 0.329 e. The van der Waals surface area contributed by atoms with E-state index in [1.165, 1.54) is 0 Å². The number of aryl methyl sites for hydroxylation is 1. The summed E-state index contributed by atoms with van der Waals surface area (Å²) in [6, 6.07) is 11.9. The summed E-state index contributed by atoms with van der Waals surface area (Å²) in [5.41, 5.74) is 3.74. The monoisotopic (exact) mass is 279 g/mol. The maximum absolute atomic E-state index is 12.7. The molecule has 0 aliphatic rings. The van der Waals surface area contributed by atoms with Gasteiger partial charge in [0.1, 0.15) is 0 Å². The summed E-state index contributed by atoms with van der Waals surface area (Å²) in [5.74, 6) is 0. The fourth-order valence-corrected chi connectivity index (χ4v) is 2.66. The lowest BCUT2D eigenvalue weighted by molar-refractivity contribution is 0.708. The first-order valence-corrected chi connectivity index (χ1v) is 6.92. The van der Waals surface area contributed by atoms with Crippen LogP contribution in [-0.2, 0) is 13.1 Å². The van der Waals surface area contributed by atoms with Crippen LogP contribution in [0.25, 0.3) is 11.0 Å². The maximum Gasteiger partial charge on any atom is 0.329 e. The number of allylic oxidation sites excluding steroid dienone is 1. The zero-order chi connectivity index (χ0) is 14.8. The predicted octanol–water partition coefficient (Wildman–Crippen LogP) is 2.74. The minimum Gasteiger partial charge on any atom is -0.288 e. The van der Waals surface area contributed by atoms with Crippen molar-refractivity contribution in [3.63, 3.8) is 0 Å². The highest BCUT2D eigenvalue weighted by Gasteiger charge is 2.14. The Bertz CT molecular complexity index is 844. The molecule has 1 aromatic carbocycles. The van der Waals surface area contributed by atoms with Gasteiger partial charge < -0.3 is 0 Å². The second-order valence-electron chi connectivity index (χ2n) is 5.02. The molecule has 2 heterocycles. The zero-order valence-corrected chi connectivity index (χ0v) is 12.0. The summed E-state index contributed by atoms with van der Waals surface area (Å²) in [6.07, 6.45) is 3.48. The molecular formula is C17H17N3O. The number of hydrogen-bond donors (Lipinski definition) is 0. The van der Waals surface area contributed by atoms with Gasteiger partial charge in [-0.25, -0.2) is 4.79 Å². The van der Waals surface area contributed by atoms with Gasteiger partial charge in [-0.1, -0.05) is 36.4 Å². The van der Waals surface area contributed by atoms with E-state index in [4.69, 9.17) is 0 Å². The summed E-state index contributed by atoms with van der Waals surface area (Å²) < 4.78 is 3.52. The molecule has 0 saturated heterocycles. The third kappa shape index (κ3) is 2.29. The first kappa shape index (κ1) is 13.4. The van der Waals surface area contributed by atoms with Gasteiger partial charge in [-0.15, -0.1) is 6.58 Å². The molecule has 0 atom stereocenters. The van der Waals surface area contributed by atoms with Crippen LogP contribution in [0.2, 0.25) is 0 Å². The predicted molar refractivity (Wildman–Crippen MR) is 84.5 cm³/mol. The van der Waals surface area contributed by atoms with E-state index >= 15 is 0 Å². The van der Waals surface area contributed by atoms with Gasteiger partial charge >= 0.3 is 5.69 Å². The molecule has 3 aromatic rings. The Morgan fingerprint density at radius 2 is 1.95 bits per heavy atom. The van der Waals surface area contributed by atoms with Gasteiger partial charge in [-0.2, -0.15) is 0 Å². The fraction of sp³-hybridized carbons (Fsp3) is 0.176. The van der Waals surface area contributed by atoms with E-state index in [-0.39, 0.29) is 5.69 Å². The molecular weight excluding hydrogens is 262 g/mol. The summed E-state index contributed by atoms with van der Waals surface area (Å²) >= 11 is 0. The van der Waals surface area contributed by atoms with E-state index < -0.39 is 0 Å². The molecule has 2 aromatic heterocycles. The van der Waals surface area contributed by atoms with E-state index in [2.05, 4.69) is 11.6 Å². The Balaban J connectivity index is 2.24. The van der Waals surface area contributed by atoms with E-state index in [1.807, 2.05) is 43.3 Å². The van der Waals surface area contributed by atoms with Crippen molar-refractivity contribution in [3.05, 3.63) is 77.0 Å². The normalized spacial score (nSPS) is 10.9. The van der Waals surface area contributed by atoms with Crippen molar-refractivity contribution in [2.24, 2.45) is 0 Å². The lowest BCUT2D eigenvalue weighted by Crippen LogP contribution is -2.24. The first-order valence-electron chi connectivity index (χ1n) is 6.92. The smallest absolute Gasteiger partial charge is 0.288 e. The number of hydrogen-bond acceptors (Lipinski definition) is 2. The highest BCUT2D eigenvalue weighted by molar-refractivity contribution is 5.78. The zero-order valence-electron chi connectivity index (χ0n) is 12.0. The maximum atomic E-state index is 12.7. The molecule has 0 N–H and O–H groups in total. The molecule has 0 unspecified atom stereocenters. The molecule has 0 saturated carbocycles. The van der Waals surface area contributed by atoms with Gasteiger partial charge in [0.25, 0.3) is 0 Å². The summed E-state index contributed by atoms with van der Waals surface area (Å²) in [5, 5.41) is 0. The Hall–Kier alpha value is -2.62. The van der Waals surface area contributed by atoms with Crippen molar-refractivity contribution in [3.8, 4) is 0 Å². The van der Waals surface area contributed by atoms with Crippen LogP contribution in [0.1, 0.15) is 11.3 Å². The number of pyridine rings is 1. The van der Waals surface area contributed by atoms with E-state index in [1.54, 1.807) is 21.4 Å². The van der Waals surface area contributed by atoms with Crippen LogP contribution in [0.3, 0.4) is 0 Å². The number of rotatable bonds is 4. The number of aromatic nitrogens is 3. The van der Waals surface area contributed by atoms with Crippen molar-refractivity contribution < 1.29 is 0 Å². The van der Waals surface area contributed by atoms with Crippen molar-refractivity contribution >= 4 is 11.0 Å². The van der Waals surface area contributed by atoms with Crippen LogP contribution in [0, 0.1) is 6.92 Å². The van der Waals surface area contributed by atoms with Crippen molar-refractivity contribution in [1.82, 2.24) is 14.1 Å². The Morgan fingerprint density at radius 3 is 2.67 bits per heavy atom. The van der Waals surface area contributed by atoms with Crippen LogP contribution >= 0.6 is 0 Å². The molecule has 4 nitrogen and oxygen atoms in total. The second-order valence-corrected chi connectivity index (χ2v) is 5.02. The number of nitrogens with zero attached hydrogens (tertiary/aromatic N) is 3. The van der Waals surface area contributed by atoms with Crippen LogP contribution in [0.4, 0.5) is 0 Å². The second kappa shape index (κ2) is 5.40. The molecule has 3 rings (SSSR count). The van der Waals surface area contributed by atoms with Gasteiger partial charge in [0, 0.05) is 12.7 Å². The van der Waals surface area contributed by atoms with Crippen molar-refractivity contribution in [2.75, 3.05) is 0 Å². The van der Waals surface area contributed by atoms with Crippen LogP contribution in [0.5, 0.6) is 0 Å². The lowest BCUT2D eigenvalue weighted by Gasteiger charge is -2.04. The number of fused-ring (bicyclic) bond motifs is 1. The highest BCUT2D eigenvalue weighted by Crippen LogP contribution is 2.17. The molecule has 106 valence electrons. The van der Waals surface area contributed by atoms with Gasteiger partial charge in [-0.05, 0) is 18.6 Å². The molecule has 0 radical (unpaired) electrons.